The Kier molecular flexibility index (Phi) is 7.31. The first-order valence-electron chi connectivity index (χ1n) is 5.76. The van der Waals surface area contributed by atoms with Crippen LogP contribution in [0.5, 0.6) is 5.75 Å². The molecule has 0 amide bonds. The molecule has 3 heteroatoms. The molecule has 1 aromatic carbocycles. The molecule has 1 fully saturated rings. The van der Waals surface area contributed by atoms with Crippen molar-refractivity contribution in [2.45, 2.75) is 45.1 Å². The Balaban J connectivity index is 0.000000606. The Morgan fingerprint density at radius 2 is 2.00 bits per heavy atom. The summed E-state index contributed by atoms with van der Waals surface area (Å²) in [6.07, 6.45) is 6.91. The van der Waals surface area contributed by atoms with E-state index in [1.807, 2.05) is 19.1 Å². The fourth-order valence-corrected chi connectivity index (χ4v) is 2.01. The molecule has 1 nitrogen and oxygen atoms in total. The van der Waals surface area contributed by atoms with E-state index in [1.54, 1.807) is 0 Å². The number of aryl methyl sites for hydroxylation is 1. The van der Waals surface area contributed by atoms with Crippen LogP contribution < -0.4 is 4.74 Å². The van der Waals surface area contributed by atoms with Crippen LogP contribution >= 0.6 is 13.6 Å². The second-order valence-corrected chi connectivity index (χ2v) is 4.09. The molecule has 1 aliphatic carbocycles. The van der Waals surface area contributed by atoms with Gasteiger partial charge in [0.25, 0.3) is 0 Å². The molecule has 0 atom stereocenters. The first-order chi connectivity index (χ1) is 7.84. The number of halogens is 1. The second kappa shape index (κ2) is 8.25. The molecule has 0 spiro atoms. The zero-order valence-electron chi connectivity index (χ0n) is 9.84. The molecule has 0 heterocycles. The summed E-state index contributed by atoms with van der Waals surface area (Å²) in [5, 5.41) is 0. The Labute approximate surface area is 115 Å². The summed E-state index contributed by atoms with van der Waals surface area (Å²) in [5.74, 6) is 1.01. The molecular weight excluding hydrogens is 317 g/mol. The van der Waals surface area contributed by atoms with Crippen molar-refractivity contribution in [2.75, 3.05) is 0 Å². The molecule has 0 radical (unpaired) electrons. The van der Waals surface area contributed by atoms with E-state index in [-0.39, 0.29) is 0 Å². The third kappa shape index (κ3) is 4.97. The van der Waals surface area contributed by atoms with Crippen LogP contribution in [-0.2, 0) is 16.3 Å². The monoisotopic (exact) mass is 332 g/mol. The van der Waals surface area contributed by atoms with E-state index in [2.05, 4.69) is 25.8 Å². The van der Waals surface area contributed by atoms with E-state index >= 15 is 0 Å². The van der Waals surface area contributed by atoms with Crippen molar-refractivity contribution in [3.05, 3.63) is 29.8 Å². The van der Waals surface area contributed by atoms with E-state index in [9.17, 15) is 0 Å². The first-order valence-corrected chi connectivity index (χ1v) is 12.7. The van der Waals surface area contributed by atoms with Gasteiger partial charge in [-0.05, 0) is 25.7 Å². The number of benzene rings is 1. The van der Waals surface area contributed by atoms with Crippen molar-refractivity contribution in [3.8, 4) is 5.75 Å². The molecule has 0 saturated heterocycles. The van der Waals surface area contributed by atoms with Gasteiger partial charge in [-0.1, -0.05) is 13.3 Å². The van der Waals surface area contributed by atoms with Crippen molar-refractivity contribution < 1.29 is 21.1 Å². The van der Waals surface area contributed by atoms with Crippen molar-refractivity contribution >= 4 is 13.6 Å². The number of hydrogen-bond donors (Lipinski definition) is 0. The van der Waals surface area contributed by atoms with Gasteiger partial charge < -0.3 is 4.74 Å². The van der Waals surface area contributed by atoms with E-state index in [0.29, 0.717) is 6.10 Å². The average molecular weight is 335 g/mol. The molecule has 0 bridgehead atoms. The van der Waals surface area contributed by atoms with Crippen LogP contribution in [0, 0.1) is 13.0 Å². The summed E-state index contributed by atoms with van der Waals surface area (Å²) >= 11 is 4.25. The fourth-order valence-electron chi connectivity index (χ4n) is 2.01. The summed E-state index contributed by atoms with van der Waals surface area (Å²) < 4.78 is 5.92. The van der Waals surface area contributed by atoms with Gasteiger partial charge in [0.05, 0.1) is 6.10 Å². The van der Waals surface area contributed by atoms with Gasteiger partial charge in [0.2, 0.25) is 0 Å². The van der Waals surface area contributed by atoms with Gasteiger partial charge in [0.15, 0.2) is 0 Å². The molecule has 84 valence electrons. The van der Waals surface area contributed by atoms with Gasteiger partial charge in [-0.25, -0.2) is 0 Å². The zero-order valence-corrected chi connectivity index (χ0v) is 14.4. The van der Waals surface area contributed by atoms with E-state index in [4.69, 9.17) is 4.74 Å². The first kappa shape index (κ1) is 14.2. The number of ether oxygens (including phenoxy) is 1. The van der Waals surface area contributed by atoms with Crippen LogP contribution in [0.2, 0.25) is 0 Å². The van der Waals surface area contributed by atoms with Gasteiger partial charge in [-0.15, -0.1) is 12.1 Å². The van der Waals surface area contributed by atoms with E-state index in [1.165, 1.54) is 48.4 Å². The zero-order chi connectivity index (χ0) is 11.8. The molecular formula is C13H17BrOZn. The van der Waals surface area contributed by atoms with Crippen molar-refractivity contribution in [2.24, 2.45) is 0 Å². The molecule has 1 aliphatic rings. The Morgan fingerprint density at radius 3 is 2.62 bits per heavy atom. The van der Waals surface area contributed by atoms with Crippen LogP contribution in [-0.4, -0.2) is 6.10 Å². The van der Waals surface area contributed by atoms with Crippen LogP contribution in [0.4, 0.5) is 0 Å². The average Bonchev–Trinajstić information content (AvgIpc) is 2.33. The summed E-state index contributed by atoms with van der Waals surface area (Å²) in [6, 6.07) is 9.13. The van der Waals surface area contributed by atoms with Crippen molar-refractivity contribution in [3.63, 3.8) is 0 Å². The van der Waals surface area contributed by atoms with Gasteiger partial charge >= 0.3 is 30.0 Å². The predicted octanol–water partition coefficient (Wildman–Crippen LogP) is 4.35. The predicted molar refractivity (Wildman–Crippen MR) is 66.4 cm³/mol. The normalized spacial score (nSPS) is 16.2. The maximum atomic E-state index is 5.92. The summed E-state index contributed by atoms with van der Waals surface area (Å²) in [5.41, 5.74) is 1.15. The molecule has 1 saturated carbocycles. The quantitative estimate of drug-likeness (QED) is 0.577. The number of rotatable bonds is 2. The van der Waals surface area contributed by atoms with Gasteiger partial charge in [0.1, 0.15) is 0 Å². The maximum absolute atomic E-state index is 5.92. The van der Waals surface area contributed by atoms with Gasteiger partial charge in [-0.2, -0.15) is 17.7 Å². The van der Waals surface area contributed by atoms with Crippen molar-refractivity contribution in [1.29, 1.82) is 0 Å². The third-order valence-corrected chi connectivity index (χ3v) is 2.77. The van der Waals surface area contributed by atoms with E-state index in [0.717, 1.165) is 11.3 Å². The minimum atomic E-state index is 0.450. The van der Waals surface area contributed by atoms with Crippen LogP contribution in [0.15, 0.2) is 18.2 Å². The van der Waals surface area contributed by atoms with Crippen LogP contribution in [0.1, 0.15) is 37.7 Å². The molecule has 2 rings (SSSR count). The minimum absolute atomic E-state index is 0.450. The fraction of sp³-hybridized carbons (Fsp3) is 0.538. The summed E-state index contributed by atoms with van der Waals surface area (Å²) in [7, 11) is 0. The molecule has 0 aliphatic heterocycles. The van der Waals surface area contributed by atoms with Crippen molar-refractivity contribution in [1.82, 2.24) is 0 Å². The summed E-state index contributed by atoms with van der Waals surface area (Å²) in [4.78, 5) is 0. The molecule has 0 N–H and O–H groups in total. The SMILES string of the molecule is Cc1[c-]ccc(OC2CCCCC2)c1.[Zn+][Br]. The van der Waals surface area contributed by atoms with Crippen LogP contribution in [0.3, 0.4) is 0 Å². The third-order valence-electron chi connectivity index (χ3n) is 2.77. The Hall–Kier alpha value is 0.123. The molecule has 16 heavy (non-hydrogen) atoms. The second-order valence-electron chi connectivity index (χ2n) is 4.09. The van der Waals surface area contributed by atoms with Gasteiger partial charge in [-0.3, -0.25) is 0 Å². The van der Waals surface area contributed by atoms with Crippen LogP contribution in [0.25, 0.3) is 0 Å². The molecule has 0 unspecified atom stereocenters. The Morgan fingerprint density at radius 1 is 1.31 bits per heavy atom. The molecule has 0 aromatic heterocycles. The standard InChI is InChI=1S/C13H17O.BrH.Zn/c1-11-6-5-9-13(10-11)14-12-7-3-2-4-8-12;;/h5,9-10,12H,2-4,7-8H2,1H3;1H;/q-1;;+2/p-1. The van der Waals surface area contributed by atoms with E-state index < -0.39 is 0 Å². The number of hydrogen-bond acceptors (Lipinski definition) is 1. The van der Waals surface area contributed by atoms with Gasteiger partial charge in [0, 0.05) is 5.75 Å². The molecule has 1 aromatic rings. The topological polar surface area (TPSA) is 9.23 Å². The Bertz CT molecular complexity index is 298. The summed E-state index contributed by atoms with van der Waals surface area (Å²) in [6.45, 7) is 2.05.